The van der Waals surface area contributed by atoms with Gasteiger partial charge in [0.25, 0.3) is 0 Å². The van der Waals surface area contributed by atoms with Crippen molar-refractivity contribution in [3.8, 4) is 0 Å². The Balaban J connectivity index is 2.48. The van der Waals surface area contributed by atoms with Crippen molar-refractivity contribution in [2.24, 2.45) is 4.99 Å². The second kappa shape index (κ2) is 2.54. The van der Waals surface area contributed by atoms with Gasteiger partial charge < -0.3 is 4.74 Å². The first kappa shape index (κ1) is 7.50. The van der Waals surface area contributed by atoms with Gasteiger partial charge in [-0.2, -0.15) is 0 Å². The van der Waals surface area contributed by atoms with Gasteiger partial charge in [-0.3, -0.25) is 4.79 Å². The highest BCUT2D eigenvalue weighted by Gasteiger charge is 2.23. The van der Waals surface area contributed by atoms with Gasteiger partial charge in [-0.15, -0.1) is 0 Å². The summed E-state index contributed by atoms with van der Waals surface area (Å²) in [7, 11) is 0. The van der Waals surface area contributed by atoms with E-state index in [1.165, 1.54) is 0 Å². The molecule has 1 aromatic carbocycles. The Morgan fingerprint density at radius 1 is 1.29 bits per heavy atom. The van der Waals surface area contributed by atoms with E-state index in [1.54, 1.807) is 6.26 Å². The van der Waals surface area contributed by atoms with Gasteiger partial charge in [0.15, 0.2) is 6.61 Å². The van der Waals surface area contributed by atoms with E-state index in [9.17, 15) is 4.79 Å². The lowest BCUT2D eigenvalue weighted by molar-refractivity contribution is -0.117. The fraction of sp³-hybridized carbons (Fsp3) is 0.0909. The molecule has 0 unspecified atom stereocenters. The summed E-state index contributed by atoms with van der Waals surface area (Å²) in [6.07, 6.45) is 1.55. The normalized spacial score (nSPS) is 17.9. The van der Waals surface area contributed by atoms with E-state index in [0.29, 0.717) is 11.3 Å². The van der Waals surface area contributed by atoms with Crippen LogP contribution in [0.1, 0.15) is 0 Å². The van der Waals surface area contributed by atoms with Crippen LogP contribution >= 0.6 is 0 Å². The minimum absolute atomic E-state index is 0.0104. The molecule has 0 fully saturated rings. The topological polar surface area (TPSA) is 38.7 Å². The molecule has 0 N–H and O–H groups in total. The van der Waals surface area contributed by atoms with Gasteiger partial charge in [0.05, 0.1) is 10.9 Å². The molecule has 0 atom stereocenters. The first-order chi connectivity index (χ1) is 6.86. The second-order valence-electron chi connectivity index (χ2n) is 3.24. The maximum absolute atomic E-state index is 11.6. The quantitative estimate of drug-likeness (QED) is 0.566. The summed E-state index contributed by atoms with van der Waals surface area (Å²) in [5.74, 6) is 0.0104. The molecule has 2 heterocycles. The third kappa shape index (κ3) is 0.865. The third-order valence-corrected chi connectivity index (χ3v) is 2.36. The number of Topliss-reactive ketones (excluding diaryl/α,β-unsaturated/α-hetero) is 1. The lowest BCUT2D eigenvalue weighted by Crippen LogP contribution is -2.26. The monoisotopic (exact) mass is 185 g/mol. The first-order valence-electron chi connectivity index (χ1n) is 4.40. The number of carbonyl (C=O) groups excluding carboxylic acids is 1. The molecule has 0 aromatic heterocycles. The van der Waals surface area contributed by atoms with Crippen LogP contribution < -0.4 is 10.6 Å². The highest BCUT2D eigenvalue weighted by molar-refractivity contribution is 6.21. The van der Waals surface area contributed by atoms with Gasteiger partial charge in [-0.1, -0.05) is 18.2 Å². The van der Waals surface area contributed by atoms with Crippen molar-refractivity contribution in [3.05, 3.63) is 46.8 Å². The molecule has 0 spiro atoms. The number of rotatable bonds is 0. The zero-order valence-corrected chi connectivity index (χ0v) is 7.36. The average Bonchev–Trinajstić information content (AvgIpc) is 2.57. The van der Waals surface area contributed by atoms with E-state index in [-0.39, 0.29) is 12.4 Å². The molecular formula is C11H7NO2. The molecule has 3 nitrogen and oxygen atoms in total. The van der Waals surface area contributed by atoms with Gasteiger partial charge in [0, 0.05) is 5.22 Å². The van der Waals surface area contributed by atoms with Crippen molar-refractivity contribution >= 4 is 11.4 Å². The van der Waals surface area contributed by atoms with Crippen LogP contribution in [0.15, 0.2) is 41.2 Å². The summed E-state index contributed by atoms with van der Waals surface area (Å²) >= 11 is 0. The molecule has 3 rings (SSSR count). The van der Waals surface area contributed by atoms with E-state index in [2.05, 4.69) is 4.99 Å². The van der Waals surface area contributed by atoms with Crippen LogP contribution in [0.2, 0.25) is 0 Å². The minimum atomic E-state index is 0.0104. The molecule has 14 heavy (non-hydrogen) atoms. The number of para-hydroxylation sites is 1. The SMILES string of the molecule is O=C1COC=C2N=c3ccccc3=C12. The number of carbonyl (C=O) groups is 1. The standard InChI is InChI=1S/C11H7NO2/c13-10-6-14-5-9-11(10)7-3-1-2-4-8(7)12-9/h1-5H,6H2. The molecule has 1 aromatic rings. The van der Waals surface area contributed by atoms with E-state index < -0.39 is 0 Å². The fourth-order valence-corrected chi connectivity index (χ4v) is 1.75. The van der Waals surface area contributed by atoms with Crippen molar-refractivity contribution in [2.75, 3.05) is 6.61 Å². The van der Waals surface area contributed by atoms with Crippen molar-refractivity contribution in [1.29, 1.82) is 0 Å². The van der Waals surface area contributed by atoms with Crippen LogP contribution in [0, 0.1) is 0 Å². The number of allylic oxidation sites excluding steroid dienone is 1. The second-order valence-corrected chi connectivity index (χ2v) is 3.24. The maximum atomic E-state index is 11.6. The molecule has 2 aliphatic rings. The molecular weight excluding hydrogens is 178 g/mol. The highest BCUT2D eigenvalue weighted by Crippen LogP contribution is 2.18. The van der Waals surface area contributed by atoms with Crippen LogP contribution in [0.25, 0.3) is 5.57 Å². The summed E-state index contributed by atoms with van der Waals surface area (Å²) in [6.45, 7) is 0.128. The lowest BCUT2D eigenvalue weighted by Gasteiger charge is -2.09. The average molecular weight is 185 g/mol. The van der Waals surface area contributed by atoms with Gasteiger partial charge in [-0.05, 0) is 6.07 Å². The summed E-state index contributed by atoms with van der Waals surface area (Å²) in [5, 5.41) is 1.78. The maximum Gasteiger partial charge on any atom is 0.203 e. The highest BCUT2D eigenvalue weighted by atomic mass is 16.5. The fourth-order valence-electron chi connectivity index (χ4n) is 1.75. The van der Waals surface area contributed by atoms with Crippen LogP contribution in [0.5, 0.6) is 0 Å². The Morgan fingerprint density at radius 3 is 3.07 bits per heavy atom. The third-order valence-electron chi connectivity index (χ3n) is 2.36. The Labute approximate surface area is 80.0 Å². The van der Waals surface area contributed by atoms with Crippen LogP contribution in [-0.4, -0.2) is 12.4 Å². The van der Waals surface area contributed by atoms with Crippen molar-refractivity contribution in [2.45, 2.75) is 0 Å². The summed E-state index contributed by atoms with van der Waals surface area (Å²) in [5.41, 5.74) is 1.36. The number of hydrogen-bond donors (Lipinski definition) is 0. The smallest absolute Gasteiger partial charge is 0.203 e. The van der Waals surface area contributed by atoms with E-state index in [1.807, 2.05) is 24.3 Å². The number of fused-ring (bicyclic) bond motifs is 2. The first-order valence-corrected chi connectivity index (χ1v) is 4.40. The number of ether oxygens (including phenoxy) is 1. The zero-order valence-electron chi connectivity index (χ0n) is 7.36. The molecule has 0 saturated carbocycles. The molecule has 0 amide bonds. The minimum Gasteiger partial charge on any atom is -0.491 e. The molecule has 0 radical (unpaired) electrons. The molecule has 0 aliphatic carbocycles. The summed E-state index contributed by atoms with van der Waals surface area (Å²) in [6, 6.07) is 7.63. The number of ketones is 1. The molecule has 0 saturated heterocycles. The molecule has 3 heteroatoms. The number of nitrogens with zero attached hydrogens (tertiary/aromatic N) is 1. The van der Waals surface area contributed by atoms with Gasteiger partial charge in [0.2, 0.25) is 5.78 Å². The Morgan fingerprint density at radius 2 is 2.14 bits per heavy atom. The zero-order chi connectivity index (χ0) is 9.54. The predicted molar refractivity (Wildman–Crippen MR) is 49.7 cm³/mol. The molecule has 2 aliphatic heterocycles. The largest absolute Gasteiger partial charge is 0.491 e. The number of benzene rings is 1. The van der Waals surface area contributed by atoms with Gasteiger partial charge in [0.1, 0.15) is 12.0 Å². The van der Waals surface area contributed by atoms with Crippen molar-refractivity contribution < 1.29 is 9.53 Å². The summed E-state index contributed by atoms with van der Waals surface area (Å²) in [4.78, 5) is 15.9. The lowest BCUT2D eigenvalue weighted by atomic mass is 10.1. The predicted octanol–water partition coefficient (Wildman–Crippen LogP) is -0.0888. The van der Waals surface area contributed by atoms with Crippen LogP contribution in [-0.2, 0) is 9.53 Å². The summed E-state index contributed by atoms with van der Waals surface area (Å²) < 4.78 is 5.00. The van der Waals surface area contributed by atoms with Crippen molar-refractivity contribution in [3.63, 3.8) is 0 Å². The van der Waals surface area contributed by atoms with E-state index >= 15 is 0 Å². The Bertz CT molecular complexity index is 569. The van der Waals surface area contributed by atoms with E-state index in [0.717, 1.165) is 10.6 Å². The van der Waals surface area contributed by atoms with Crippen LogP contribution in [0.4, 0.5) is 0 Å². The Hall–Kier alpha value is -1.90. The Kier molecular flexibility index (Phi) is 1.36. The van der Waals surface area contributed by atoms with E-state index in [4.69, 9.17) is 4.74 Å². The molecule has 68 valence electrons. The van der Waals surface area contributed by atoms with Crippen molar-refractivity contribution in [1.82, 2.24) is 0 Å². The number of hydrogen-bond acceptors (Lipinski definition) is 3. The van der Waals surface area contributed by atoms with Gasteiger partial charge >= 0.3 is 0 Å². The van der Waals surface area contributed by atoms with Gasteiger partial charge in [-0.25, -0.2) is 4.99 Å². The molecule has 0 bridgehead atoms. The van der Waals surface area contributed by atoms with Crippen LogP contribution in [0.3, 0.4) is 0 Å².